The second-order valence-electron chi connectivity index (χ2n) is 4.78. The first-order valence-electron chi connectivity index (χ1n) is 6.27. The highest BCUT2D eigenvalue weighted by Crippen LogP contribution is 2.34. The predicted octanol–water partition coefficient (Wildman–Crippen LogP) is 3.94. The Kier molecular flexibility index (Phi) is 4.73. The van der Waals surface area contributed by atoms with Crippen LogP contribution < -0.4 is 10.5 Å². The van der Waals surface area contributed by atoms with E-state index in [1.807, 2.05) is 22.9 Å². The lowest BCUT2D eigenvalue weighted by atomic mass is 10.0. The van der Waals surface area contributed by atoms with Crippen LogP contribution in [0, 0.1) is 0 Å². The first-order chi connectivity index (χ1) is 9.45. The standard InChI is InChI=1S/C14H17BrClN3O/c1-8(2)19-14(12(20-3)7-18-19)13(17)10-6-9(16)4-5-11(10)15/h4-8,13H,17H2,1-3H3. The summed E-state index contributed by atoms with van der Waals surface area (Å²) < 4.78 is 8.16. The van der Waals surface area contributed by atoms with Gasteiger partial charge in [0.25, 0.3) is 0 Å². The van der Waals surface area contributed by atoms with Crippen molar-refractivity contribution in [3.8, 4) is 5.75 Å². The number of benzene rings is 1. The van der Waals surface area contributed by atoms with Crippen LogP contribution in [-0.2, 0) is 0 Å². The molecule has 1 unspecified atom stereocenters. The van der Waals surface area contributed by atoms with Gasteiger partial charge in [0, 0.05) is 15.5 Å². The highest BCUT2D eigenvalue weighted by molar-refractivity contribution is 9.10. The van der Waals surface area contributed by atoms with Crippen LogP contribution in [0.2, 0.25) is 5.02 Å². The zero-order valence-electron chi connectivity index (χ0n) is 11.6. The van der Waals surface area contributed by atoms with Crippen molar-refractivity contribution in [3.05, 3.63) is 45.1 Å². The molecule has 1 aromatic heterocycles. The van der Waals surface area contributed by atoms with E-state index in [0.29, 0.717) is 10.8 Å². The number of halogens is 2. The molecule has 4 nitrogen and oxygen atoms in total. The molecule has 0 saturated carbocycles. The maximum absolute atomic E-state index is 6.42. The van der Waals surface area contributed by atoms with Crippen LogP contribution >= 0.6 is 27.5 Å². The number of hydrogen-bond donors (Lipinski definition) is 1. The van der Waals surface area contributed by atoms with Crippen molar-refractivity contribution in [1.82, 2.24) is 9.78 Å². The summed E-state index contributed by atoms with van der Waals surface area (Å²) in [7, 11) is 1.62. The van der Waals surface area contributed by atoms with Gasteiger partial charge in [-0.25, -0.2) is 0 Å². The van der Waals surface area contributed by atoms with Gasteiger partial charge in [0.05, 0.1) is 19.3 Å². The van der Waals surface area contributed by atoms with E-state index in [9.17, 15) is 0 Å². The summed E-state index contributed by atoms with van der Waals surface area (Å²) in [6, 6.07) is 5.38. The topological polar surface area (TPSA) is 53.1 Å². The number of nitrogens with zero attached hydrogens (tertiary/aromatic N) is 2. The highest BCUT2D eigenvalue weighted by Gasteiger charge is 2.23. The van der Waals surface area contributed by atoms with Gasteiger partial charge in [-0.15, -0.1) is 0 Å². The van der Waals surface area contributed by atoms with Crippen LogP contribution in [0.5, 0.6) is 5.75 Å². The molecule has 0 fully saturated rings. The number of aromatic nitrogens is 2. The first kappa shape index (κ1) is 15.4. The largest absolute Gasteiger partial charge is 0.493 e. The van der Waals surface area contributed by atoms with Gasteiger partial charge in [-0.05, 0) is 37.6 Å². The number of methoxy groups -OCH3 is 1. The summed E-state index contributed by atoms with van der Waals surface area (Å²) in [5.41, 5.74) is 8.16. The van der Waals surface area contributed by atoms with E-state index >= 15 is 0 Å². The SMILES string of the molecule is COc1cnn(C(C)C)c1C(N)c1cc(Cl)ccc1Br. The lowest BCUT2D eigenvalue weighted by molar-refractivity contribution is 0.401. The Labute approximate surface area is 132 Å². The lowest BCUT2D eigenvalue weighted by Crippen LogP contribution is -2.20. The molecule has 0 aliphatic carbocycles. The molecule has 1 heterocycles. The van der Waals surface area contributed by atoms with Gasteiger partial charge in [0.1, 0.15) is 5.69 Å². The van der Waals surface area contributed by atoms with Crippen molar-refractivity contribution in [2.45, 2.75) is 25.9 Å². The van der Waals surface area contributed by atoms with E-state index in [1.165, 1.54) is 0 Å². The molecule has 0 spiro atoms. The number of nitrogens with two attached hydrogens (primary N) is 1. The first-order valence-corrected chi connectivity index (χ1v) is 7.44. The van der Waals surface area contributed by atoms with Crippen LogP contribution in [0.25, 0.3) is 0 Å². The van der Waals surface area contributed by atoms with Crippen molar-refractivity contribution in [2.24, 2.45) is 5.73 Å². The Morgan fingerprint density at radius 2 is 2.10 bits per heavy atom. The summed E-state index contributed by atoms with van der Waals surface area (Å²) in [4.78, 5) is 0. The van der Waals surface area contributed by atoms with E-state index in [1.54, 1.807) is 13.3 Å². The van der Waals surface area contributed by atoms with Crippen molar-refractivity contribution in [3.63, 3.8) is 0 Å². The Bertz CT molecular complexity index is 612. The predicted molar refractivity (Wildman–Crippen MR) is 84.3 cm³/mol. The minimum Gasteiger partial charge on any atom is -0.493 e. The van der Waals surface area contributed by atoms with Gasteiger partial charge >= 0.3 is 0 Å². The van der Waals surface area contributed by atoms with Gasteiger partial charge in [0.2, 0.25) is 0 Å². The lowest BCUT2D eigenvalue weighted by Gasteiger charge is -2.19. The van der Waals surface area contributed by atoms with Crippen molar-refractivity contribution in [2.75, 3.05) is 7.11 Å². The Morgan fingerprint density at radius 1 is 1.40 bits per heavy atom. The van der Waals surface area contributed by atoms with Crippen molar-refractivity contribution < 1.29 is 4.74 Å². The summed E-state index contributed by atoms with van der Waals surface area (Å²) in [5.74, 6) is 0.679. The number of ether oxygens (including phenoxy) is 1. The average Bonchev–Trinajstić information content (AvgIpc) is 2.84. The quantitative estimate of drug-likeness (QED) is 0.900. The molecule has 20 heavy (non-hydrogen) atoms. The zero-order valence-corrected chi connectivity index (χ0v) is 13.9. The Morgan fingerprint density at radius 3 is 2.70 bits per heavy atom. The fourth-order valence-electron chi connectivity index (χ4n) is 2.12. The Balaban J connectivity index is 2.55. The molecule has 2 aromatic rings. The number of hydrogen-bond acceptors (Lipinski definition) is 3. The van der Waals surface area contributed by atoms with E-state index < -0.39 is 0 Å². The minimum atomic E-state index is -0.372. The van der Waals surface area contributed by atoms with Crippen LogP contribution in [0.15, 0.2) is 28.9 Å². The monoisotopic (exact) mass is 357 g/mol. The van der Waals surface area contributed by atoms with Gasteiger partial charge in [-0.1, -0.05) is 27.5 Å². The molecular weight excluding hydrogens is 342 g/mol. The van der Waals surface area contributed by atoms with Gasteiger partial charge in [0.15, 0.2) is 5.75 Å². The third kappa shape index (κ3) is 2.85. The Hall–Kier alpha value is -1.04. The molecule has 6 heteroatoms. The van der Waals surface area contributed by atoms with E-state index in [2.05, 4.69) is 34.9 Å². The van der Waals surface area contributed by atoms with Gasteiger partial charge in [-0.3, -0.25) is 4.68 Å². The molecule has 1 atom stereocenters. The second-order valence-corrected chi connectivity index (χ2v) is 6.07. The molecule has 108 valence electrons. The average molecular weight is 359 g/mol. The van der Waals surface area contributed by atoms with Gasteiger partial charge < -0.3 is 10.5 Å². The highest BCUT2D eigenvalue weighted by atomic mass is 79.9. The fourth-order valence-corrected chi connectivity index (χ4v) is 2.79. The fraction of sp³-hybridized carbons (Fsp3) is 0.357. The third-order valence-electron chi connectivity index (χ3n) is 3.10. The molecule has 0 saturated heterocycles. The molecule has 0 bridgehead atoms. The molecule has 0 amide bonds. The smallest absolute Gasteiger partial charge is 0.161 e. The van der Waals surface area contributed by atoms with Gasteiger partial charge in [-0.2, -0.15) is 5.10 Å². The van der Waals surface area contributed by atoms with Crippen LogP contribution in [0.1, 0.15) is 37.2 Å². The maximum atomic E-state index is 6.42. The molecule has 2 N–H and O–H groups in total. The maximum Gasteiger partial charge on any atom is 0.161 e. The zero-order chi connectivity index (χ0) is 14.9. The molecule has 0 radical (unpaired) electrons. The van der Waals surface area contributed by atoms with Crippen molar-refractivity contribution in [1.29, 1.82) is 0 Å². The van der Waals surface area contributed by atoms with Crippen LogP contribution in [0.4, 0.5) is 0 Å². The number of rotatable bonds is 4. The van der Waals surface area contributed by atoms with E-state index in [4.69, 9.17) is 22.1 Å². The summed E-state index contributed by atoms with van der Waals surface area (Å²) in [5, 5.41) is 5.00. The summed E-state index contributed by atoms with van der Waals surface area (Å²) >= 11 is 9.58. The third-order valence-corrected chi connectivity index (χ3v) is 4.05. The molecular formula is C14H17BrClN3O. The second kappa shape index (κ2) is 6.16. The molecule has 0 aliphatic heterocycles. The molecule has 2 rings (SSSR count). The normalized spacial score (nSPS) is 12.8. The minimum absolute atomic E-state index is 0.193. The molecule has 0 aliphatic rings. The van der Waals surface area contributed by atoms with E-state index in [0.717, 1.165) is 15.7 Å². The van der Waals surface area contributed by atoms with Crippen molar-refractivity contribution >= 4 is 27.5 Å². The summed E-state index contributed by atoms with van der Waals surface area (Å²) in [6.45, 7) is 4.10. The van der Waals surface area contributed by atoms with E-state index in [-0.39, 0.29) is 12.1 Å². The molecule has 1 aromatic carbocycles. The summed E-state index contributed by atoms with van der Waals surface area (Å²) in [6.07, 6.45) is 1.69. The van der Waals surface area contributed by atoms with Crippen LogP contribution in [-0.4, -0.2) is 16.9 Å². The van der Waals surface area contributed by atoms with Crippen LogP contribution in [0.3, 0.4) is 0 Å².